The molecule has 0 aliphatic rings. The van der Waals surface area contributed by atoms with Gasteiger partial charge in [-0.25, -0.2) is 0 Å². The maximum absolute atomic E-state index is 10.3. The van der Waals surface area contributed by atoms with Crippen molar-refractivity contribution in [3.8, 4) is 17.2 Å². The number of fused-ring (bicyclic) bond motifs is 1. The van der Waals surface area contributed by atoms with Crippen LogP contribution in [-0.2, 0) is 6.42 Å². The predicted molar refractivity (Wildman–Crippen MR) is 113 cm³/mol. The molecule has 1 N–H and O–H groups in total. The Morgan fingerprint density at radius 1 is 0.857 bits per heavy atom. The molecule has 5 heteroatoms. The maximum Gasteiger partial charge on any atom is 0.143 e. The van der Waals surface area contributed by atoms with E-state index in [-0.39, 0.29) is 5.75 Å². The molecule has 150 valence electrons. The van der Waals surface area contributed by atoms with Crippen LogP contribution in [-0.4, -0.2) is 26.7 Å². The summed E-state index contributed by atoms with van der Waals surface area (Å²) < 4.78 is 5.67. The molecule has 0 atom stereocenters. The number of nitrogens with zero attached hydrogens (tertiary/aromatic N) is 3. The average Bonchev–Trinajstić information content (AvgIpc) is 3.13. The van der Waals surface area contributed by atoms with E-state index in [1.807, 2.05) is 30.3 Å². The summed E-state index contributed by atoms with van der Waals surface area (Å²) in [4.78, 5) is 1.52. The standard InChI is InChI=1S/C23H31N3O2/c1-3-5-6-7-8-9-10-18-11-14-23(27)22(16-18)26-24-20-13-12-19(28-15-4-2)17-21(20)25-26/h11-14,16-17,27H,3-10,15H2,1-2H3. The van der Waals surface area contributed by atoms with Crippen LogP contribution < -0.4 is 4.74 Å². The lowest BCUT2D eigenvalue weighted by Crippen LogP contribution is -2.00. The molecule has 3 rings (SSSR count). The van der Waals surface area contributed by atoms with Crippen LogP contribution in [0.2, 0.25) is 0 Å². The third-order valence-corrected chi connectivity index (χ3v) is 4.90. The van der Waals surface area contributed by atoms with Crippen molar-refractivity contribution in [3.63, 3.8) is 0 Å². The molecular weight excluding hydrogens is 350 g/mol. The lowest BCUT2D eigenvalue weighted by atomic mass is 10.0. The van der Waals surface area contributed by atoms with Crippen LogP contribution in [0.4, 0.5) is 0 Å². The van der Waals surface area contributed by atoms with Crippen LogP contribution in [0.3, 0.4) is 0 Å². The number of aromatic nitrogens is 3. The van der Waals surface area contributed by atoms with E-state index in [0.717, 1.165) is 29.6 Å². The minimum absolute atomic E-state index is 0.189. The van der Waals surface area contributed by atoms with Crippen LogP contribution >= 0.6 is 0 Å². The zero-order valence-corrected chi connectivity index (χ0v) is 17.0. The molecule has 5 nitrogen and oxygen atoms in total. The van der Waals surface area contributed by atoms with Crippen LogP contribution in [0.5, 0.6) is 11.5 Å². The summed E-state index contributed by atoms with van der Waals surface area (Å²) in [5.74, 6) is 0.983. The SMILES string of the molecule is CCCCCCCCc1ccc(O)c(-n2nc3ccc(OCCC)cc3n2)c1. The van der Waals surface area contributed by atoms with E-state index in [2.05, 4.69) is 24.0 Å². The summed E-state index contributed by atoms with van der Waals surface area (Å²) in [6.45, 7) is 5.00. The number of rotatable bonds is 11. The van der Waals surface area contributed by atoms with Gasteiger partial charge in [0, 0.05) is 6.07 Å². The van der Waals surface area contributed by atoms with Gasteiger partial charge >= 0.3 is 0 Å². The number of aromatic hydroxyl groups is 1. The highest BCUT2D eigenvalue weighted by Gasteiger charge is 2.11. The summed E-state index contributed by atoms with van der Waals surface area (Å²) in [6.07, 6.45) is 9.62. The Balaban J connectivity index is 1.71. The molecule has 0 saturated carbocycles. The van der Waals surface area contributed by atoms with Crippen molar-refractivity contribution in [1.82, 2.24) is 15.0 Å². The van der Waals surface area contributed by atoms with E-state index in [0.29, 0.717) is 12.3 Å². The molecule has 28 heavy (non-hydrogen) atoms. The number of unbranched alkanes of at least 4 members (excludes halogenated alkanes) is 5. The van der Waals surface area contributed by atoms with Gasteiger partial charge in [-0.1, -0.05) is 52.0 Å². The first kappa shape index (κ1) is 20.2. The first-order valence-electron chi connectivity index (χ1n) is 10.5. The number of benzene rings is 2. The molecule has 0 unspecified atom stereocenters. The number of hydrogen-bond donors (Lipinski definition) is 1. The number of phenolic OH excluding ortho intramolecular Hbond substituents is 1. The molecule has 0 bridgehead atoms. The minimum Gasteiger partial charge on any atom is -0.506 e. The Hall–Kier alpha value is -2.56. The van der Waals surface area contributed by atoms with E-state index in [9.17, 15) is 5.11 Å². The van der Waals surface area contributed by atoms with Crippen LogP contribution in [0.1, 0.15) is 64.4 Å². The highest BCUT2D eigenvalue weighted by atomic mass is 16.5. The predicted octanol–water partition coefficient (Wildman–Crippen LogP) is 5.82. The molecule has 2 aromatic carbocycles. The van der Waals surface area contributed by atoms with Gasteiger partial charge in [0.25, 0.3) is 0 Å². The van der Waals surface area contributed by atoms with Crippen LogP contribution in [0.15, 0.2) is 36.4 Å². The Morgan fingerprint density at radius 3 is 2.46 bits per heavy atom. The van der Waals surface area contributed by atoms with E-state index in [4.69, 9.17) is 4.74 Å². The molecule has 0 fully saturated rings. The normalized spacial score (nSPS) is 11.2. The molecule has 0 amide bonds. The largest absolute Gasteiger partial charge is 0.506 e. The van der Waals surface area contributed by atoms with Crippen molar-refractivity contribution in [2.75, 3.05) is 6.61 Å². The fourth-order valence-electron chi connectivity index (χ4n) is 3.31. The zero-order valence-electron chi connectivity index (χ0n) is 17.0. The van der Waals surface area contributed by atoms with E-state index < -0.39 is 0 Å². The van der Waals surface area contributed by atoms with Gasteiger partial charge in [-0.3, -0.25) is 0 Å². The van der Waals surface area contributed by atoms with Gasteiger partial charge in [-0.05, 0) is 49.1 Å². The number of ether oxygens (including phenoxy) is 1. The third kappa shape index (κ3) is 5.24. The fourth-order valence-corrected chi connectivity index (χ4v) is 3.31. The molecule has 0 aliphatic heterocycles. The molecule has 0 saturated heterocycles. The minimum atomic E-state index is 0.189. The summed E-state index contributed by atoms with van der Waals surface area (Å²) in [5.41, 5.74) is 3.37. The zero-order chi connectivity index (χ0) is 19.8. The fraction of sp³-hybridized carbons (Fsp3) is 0.478. The van der Waals surface area contributed by atoms with Gasteiger partial charge in [-0.2, -0.15) is 0 Å². The van der Waals surface area contributed by atoms with Gasteiger partial charge in [-0.15, -0.1) is 15.0 Å². The molecule has 1 aromatic heterocycles. The Labute approximate surface area is 167 Å². The second kappa shape index (κ2) is 10.1. The molecule has 1 heterocycles. The van der Waals surface area contributed by atoms with Gasteiger partial charge < -0.3 is 9.84 Å². The summed E-state index contributed by atoms with van der Waals surface area (Å²) in [7, 11) is 0. The van der Waals surface area contributed by atoms with Crippen LogP contribution in [0, 0.1) is 0 Å². The smallest absolute Gasteiger partial charge is 0.143 e. The van der Waals surface area contributed by atoms with E-state index in [1.165, 1.54) is 48.9 Å². The third-order valence-electron chi connectivity index (χ3n) is 4.90. The van der Waals surface area contributed by atoms with E-state index >= 15 is 0 Å². The maximum atomic E-state index is 10.3. The van der Waals surface area contributed by atoms with E-state index in [1.54, 1.807) is 6.07 Å². The lowest BCUT2D eigenvalue weighted by Gasteiger charge is -2.07. The number of aryl methyl sites for hydroxylation is 1. The van der Waals surface area contributed by atoms with Gasteiger partial charge in [0.1, 0.15) is 28.2 Å². The lowest BCUT2D eigenvalue weighted by molar-refractivity contribution is 0.318. The summed E-state index contributed by atoms with van der Waals surface area (Å²) in [6, 6.07) is 11.4. The molecule has 0 aliphatic carbocycles. The first-order chi connectivity index (χ1) is 13.7. The summed E-state index contributed by atoms with van der Waals surface area (Å²) in [5, 5.41) is 19.4. The highest BCUT2D eigenvalue weighted by molar-refractivity contribution is 5.75. The van der Waals surface area contributed by atoms with Crippen molar-refractivity contribution in [2.45, 2.75) is 65.2 Å². The van der Waals surface area contributed by atoms with Crippen molar-refractivity contribution in [3.05, 3.63) is 42.0 Å². The highest BCUT2D eigenvalue weighted by Crippen LogP contribution is 2.25. The average molecular weight is 382 g/mol. The summed E-state index contributed by atoms with van der Waals surface area (Å²) >= 11 is 0. The van der Waals surface area contributed by atoms with Gasteiger partial charge in [0.05, 0.1) is 6.61 Å². The number of phenols is 1. The topological polar surface area (TPSA) is 60.2 Å². The first-order valence-corrected chi connectivity index (χ1v) is 10.5. The van der Waals surface area contributed by atoms with Crippen molar-refractivity contribution in [2.24, 2.45) is 0 Å². The molecule has 0 radical (unpaired) electrons. The second-order valence-electron chi connectivity index (χ2n) is 7.33. The van der Waals surface area contributed by atoms with Crippen molar-refractivity contribution >= 4 is 11.0 Å². The molecule has 0 spiro atoms. The monoisotopic (exact) mass is 381 g/mol. The van der Waals surface area contributed by atoms with Crippen molar-refractivity contribution < 1.29 is 9.84 Å². The second-order valence-corrected chi connectivity index (χ2v) is 7.33. The quantitative estimate of drug-likeness (QED) is 0.425. The number of hydrogen-bond acceptors (Lipinski definition) is 4. The Kier molecular flexibility index (Phi) is 7.29. The van der Waals surface area contributed by atoms with Gasteiger partial charge in [0.2, 0.25) is 0 Å². The molecular formula is C23H31N3O2. The van der Waals surface area contributed by atoms with Crippen molar-refractivity contribution in [1.29, 1.82) is 0 Å². The van der Waals surface area contributed by atoms with Crippen LogP contribution in [0.25, 0.3) is 16.7 Å². The van der Waals surface area contributed by atoms with Gasteiger partial charge in [0.15, 0.2) is 0 Å². The Bertz CT molecular complexity index is 889. The molecule has 3 aromatic rings. The Morgan fingerprint density at radius 2 is 1.64 bits per heavy atom.